The summed E-state index contributed by atoms with van der Waals surface area (Å²) in [4.78, 5) is 56.3. The van der Waals surface area contributed by atoms with Crippen molar-refractivity contribution >= 4 is 57.2 Å². The van der Waals surface area contributed by atoms with Crippen molar-refractivity contribution in [1.29, 1.82) is 0 Å². The minimum Gasteiger partial charge on any atom is -0.506 e. The molecule has 0 aliphatic heterocycles. The van der Waals surface area contributed by atoms with E-state index in [0.717, 1.165) is 23.1 Å². The molecule has 0 spiro atoms. The van der Waals surface area contributed by atoms with Crippen LogP contribution in [-0.4, -0.2) is 45.1 Å². The Balaban J connectivity index is 1.80. The summed E-state index contributed by atoms with van der Waals surface area (Å²) >= 11 is 2.08. The zero-order valence-corrected chi connectivity index (χ0v) is 20.1. The van der Waals surface area contributed by atoms with Crippen LogP contribution in [0.3, 0.4) is 0 Å². The van der Waals surface area contributed by atoms with Crippen molar-refractivity contribution in [3.8, 4) is 5.75 Å². The van der Waals surface area contributed by atoms with Gasteiger partial charge >= 0.3 is 5.97 Å². The fraction of sp³-hybridized carbons (Fsp3) is 0.318. The van der Waals surface area contributed by atoms with Crippen LogP contribution in [0.15, 0.2) is 28.2 Å². The molecule has 174 valence electrons. The Morgan fingerprint density at radius 2 is 2.06 bits per heavy atom. The standard InChI is InChI=1S/C22H23N3O6S2/c1-10(2)9-31-21(30)17-11(3)16-19(29)24-22(25-20(16)33-17)32-12(4)18(28)23-14-7-13(8-26)5-6-15(14)27/h5-8,10,12,27H,9H2,1-4H3,(H,23,28)(H,24,25,29). The average molecular weight is 490 g/mol. The van der Waals surface area contributed by atoms with Crippen molar-refractivity contribution in [1.82, 2.24) is 9.97 Å². The lowest BCUT2D eigenvalue weighted by Crippen LogP contribution is -2.23. The summed E-state index contributed by atoms with van der Waals surface area (Å²) in [7, 11) is 0. The van der Waals surface area contributed by atoms with E-state index in [1.165, 1.54) is 18.2 Å². The molecule has 0 saturated carbocycles. The number of phenolic OH excluding ortho intramolecular Hbond substituents is 1. The van der Waals surface area contributed by atoms with Gasteiger partial charge in [-0.2, -0.15) is 0 Å². The number of carbonyl (C=O) groups excluding carboxylic acids is 3. The second-order valence-electron chi connectivity index (χ2n) is 7.74. The van der Waals surface area contributed by atoms with E-state index in [1.54, 1.807) is 13.8 Å². The largest absolute Gasteiger partial charge is 0.506 e. The summed E-state index contributed by atoms with van der Waals surface area (Å²) < 4.78 is 5.28. The molecule has 0 fully saturated rings. The van der Waals surface area contributed by atoms with Crippen molar-refractivity contribution in [2.75, 3.05) is 11.9 Å². The summed E-state index contributed by atoms with van der Waals surface area (Å²) in [6.45, 7) is 7.41. The SMILES string of the molecule is Cc1c(C(=O)OCC(C)C)sc2nc(SC(C)C(=O)Nc3cc(C=O)ccc3O)[nH]c(=O)c12. The van der Waals surface area contributed by atoms with Gasteiger partial charge in [0.15, 0.2) is 5.16 Å². The van der Waals surface area contributed by atoms with E-state index in [-0.39, 0.29) is 29.1 Å². The van der Waals surface area contributed by atoms with Gasteiger partial charge in [-0.05, 0) is 43.5 Å². The lowest BCUT2D eigenvalue weighted by Gasteiger charge is -2.12. The number of thiophene rings is 1. The molecule has 1 atom stereocenters. The number of fused-ring (bicyclic) bond motifs is 1. The molecule has 3 N–H and O–H groups in total. The van der Waals surface area contributed by atoms with E-state index in [9.17, 15) is 24.3 Å². The van der Waals surface area contributed by atoms with Crippen molar-refractivity contribution in [2.24, 2.45) is 5.92 Å². The summed E-state index contributed by atoms with van der Waals surface area (Å²) in [5.74, 6) is -0.946. The number of aromatic nitrogens is 2. The number of nitrogens with zero attached hydrogens (tertiary/aromatic N) is 1. The molecule has 1 unspecified atom stereocenters. The van der Waals surface area contributed by atoms with E-state index in [4.69, 9.17) is 4.74 Å². The van der Waals surface area contributed by atoms with Crippen LogP contribution in [0.5, 0.6) is 5.75 Å². The van der Waals surface area contributed by atoms with E-state index in [2.05, 4.69) is 15.3 Å². The van der Waals surface area contributed by atoms with Crippen LogP contribution < -0.4 is 10.9 Å². The lowest BCUT2D eigenvalue weighted by atomic mass is 10.2. The number of ether oxygens (including phenoxy) is 1. The maximum Gasteiger partial charge on any atom is 0.348 e. The molecule has 3 rings (SSSR count). The molecule has 2 heterocycles. The van der Waals surface area contributed by atoms with E-state index < -0.39 is 22.7 Å². The van der Waals surface area contributed by atoms with Gasteiger partial charge in [0.1, 0.15) is 21.7 Å². The number of carbonyl (C=O) groups is 3. The third-order valence-electron chi connectivity index (χ3n) is 4.58. The van der Waals surface area contributed by atoms with Gasteiger partial charge in [-0.15, -0.1) is 11.3 Å². The van der Waals surface area contributed by atoms with Crippen LogP contribution in [0.2, 0.25) is 0 Å². The molecule has 11 heteroatoms. The molecule has 33 heavy (non-hydrogen) atoms. The van der Waals surface area contributed by atoms with Crippen molar-refractivity contribution in [3.63, 3.8) is 0 Å². The predicted molar refractivity (Wildman–Crippen MR) is 128 cm³/mol. The average Bonchev–Trinajstić information content (AvgIpc) is 3.10. The minimum atomic E-state index is -0.693. The highest BCUT2D eigenvalue weighted by atomic mass is 32.2. The predicted octanol–water partition coefficient (Wildman–Crippen LogP) is 3.74. The van der Waals surface area contributed by atoms with E-state index in [0.29, 0.717) is 32.5 Å². The van der Waals surface area contributed by atoms with Gasteiger partial charge in [-0.3, -0.25) is 14.4 Å². The molecule has 0 bridgehead atoms. The number of phenols is 1. The summed E-state index contributed by atoms with van der Waals surface area (Å²) in [6.07, 6.45) is 0.604. The second-order valence-corrected chi connectivity index (χ2v) is 10.1. The van der Waals surface area contributed by atoms with Gasteiger partial charge in [0.2, 0.25) is 5.91 Å². The number of hydrogen-bond acceptors (Lipinski definition) is 9. The number of aryl methyl sites for hydroxylation is 1. The van der Waals surface area contributed by atoms with E-state index >= 15 is 0 Å². The van der Waals surface area contributed by atoms with Gasteiger partial charge in [0.05, 0.1) is 22.9 Å². The fourth-order valence-electron chi connectivity index (χ4n) is 2.87. The first kappa shape index (κ1) is 24.5. The molecule has 9 nitrogen and oxygen atoms in total. The van der Waals surface area contributed by atoms with Gasteiger partial charge in [-0.1, -0.05) is 25.6 Å². The van der Waals surface area contributed by atoms with Crippen LogP contribution in [0.4, 0.5) is 5.69 Å². The number of thioether (sulfide) groups is 1. The Labute approximate surface area is 197 Å². The maximum atomic E-state index is 12.7. The zero-order chi connectivity index (χ0) is 24.3. The second kappa shape index (κ2) is 10.2. The number of H-pyrrole nitrogens is 1. The molecule has 1 aromatic carbocycles. The summed E-state index contributed by atoms with van der Waals surface area (Å²) in [6, 6.07) is 4.10. The number of aromatic amines is 1. The topological polar surface area (TPSA) is 138 Å². The van der Waals surface area contributed by atoms with Crippen LogP contribution in [0.25, 0.3) is 10.2 Å². The first-order valence-electron chi connectivity index (χ1n) is 10.1. The van der Waals surface area contributed by atoms with Crippen LogP contribution in [0, 0.1) is 12.8 Å². The highest BCUT2D eigenvalue weighted by Gasteiger charge is 2.23. The number of anilines is 1. The maximum absolute atomic E-state index is 12.7. The Hall–Kier alpha value is -3.18. The zero-order valence-electron chi connectivity index (χ0n) is 18.4. The number of benzene rings is 1. The number of nitrogens with one attached hydrogen (secondary N) is 2. The molecule has 2 aromatic heterocycles. The molecular formula is C22H23N3O6S2. The van der Waals surface area contributed by atoms with Gasteiger partial charge < -0.3 is 20.1 Å². The van der Waals surface area contributed by atoms with E-state index in [1.807, 2.05) is 13.8 Å². The highest BCUT2D eigenvalue weighted by molar-refractivity contribution is 8.00. The molecule has 0 radical (unpaired) electrons. The van der Waals surface area contributed by atoms with Crippen LogP contribution >= 0.6 is 23.1 Å². The normalized spacial score (nSPS) is 12.0. The number of rotatable bonds is 8. The Morgan fingerprint density at radius 1 is 1.33 bits per heavy atom. The number of amides is 1. The Kier molecular flexibility index (Phi) is 7.54. The smallest absolute Gasteiger partial charge is 0.348 e. The molecule has 0 aliphatic rings. The first-order chi connectivity index (χ1) is 15.6. The van der Waals surface area contributed by atoms with Crippen molar-refractivity contribution < 1.29 is 24.2 Å². The Morgan fingerprint density at radius 3 is 2.73 bits per heavy atom. The highest BCUT2D eigenvalue weighted by Crippen LogP contribution is 2.30. The monoisotopic (exact) mass is 489 g/mol. The molecule has 3 aromatic rings. The quantitative estimate of drug-likeness (QED) is 0.143. The molecule has 0 saturated heterocycles. The number of esters is 1. The van der Waals surface area contributed by atoms with Gasteiger partial charge in [0, 0.05) is 5.56 Å². The first-order valence-corrected chi connectivity index (χ1v) is 11.8. The number of aromatic hydroxyl groups is 1. The summed E-state index contributed by atoms with van der Waals surface area (Å²) in [5, 5.41) is 12.3. The number of hydrogen-bond donors (Lipinski definition) is 3. The van der Waals surface area contributed by atoms with Crippen LogP contribution in [0.1, 0.15) is 46.4 Å². The Bertz CT molecular complexity index is 1280. The minimum absolute atomic E-state index is 0.104. The third kappa shape index (κ3) is 5.60. The van der Waals surface area contributed by atoms with Gasteiger partial charge in [-0.25, -0.2) is 9.78 Å². The summed E-state index contributed by atoms with van der Waals surface area (Å²) in [5.41, 5.74) is 0.497. The van der Waals surface area contributed by atoms with Gasteiger partial charge in [0.25, 0.3) is 5.56 Å². The fourth-order valence-corrected chi connectivity index (χ4v) is 4.79. The molecular weight excluding hydrogens is 466 g/mol. The molecule has 0 aliphatic carbocycles. The van der Waals surface area contributed by atoms with Crippen molar-refractivity contribution in [2.45, 2.75) is 38.1 Å². The van der Waals surface area contributed by atoms with Crippen molar-refractivity contribution in [3.05, 3.63) is 44.6 Å². The molecule has 1 amide bonds. The number of aldehydes is 1. The third-order valence-corrected chi connectivity index (χ3v) is 6.73. The lowest BCUT2D eigenvalue weighted by molar-refractivity contribution is -0.115. The van der Waals surface area contributed by atoms with Crippen LogP contribution in [-0.2, 0) is 9.53 Å².